The standard InChI is InChI=1S/C11H19F3N2O2/c1-8-2-3-16(9(4-8)5-15)10(17)6-18-7-11(12,13)14/h8-9H,2-7,15H2,1H3. The van der Waals surface area contributed by atoms with Crippen molar-refractivity contribution in [3.8, 4) is 0 Å². The van der Waals surface area contributed by atoms with Crippen molar-refractivity contribution in [2.24, 2.45) is 11.7 Å². The smallest absolute Gasteiger partial charge is 0.362 e. The monoisotopic (exact) mass is 268 g/mol. The summed E-state index contributed by atoms with van der Waals surface area (Å²) in [6.07, 6.45) is -2.76. The Kier molecular flexibility index (Phi) is 5.40. The van der Waals surface area contributed by atoms with Gasteiger partial charge in [0, 0.05) is 19.1 Å². The first-order valence-electron chi connectivity index (χ1n) is 5.97. The molecule has 2 unspecified atom stereocenters. The third-order valence-corrected chi connectivity index (χ3v) is 3.06. The van der Waals surface area contributed by atoms with Gasteiger partial charge < -0.3 is 15.4 Å². The summed E-state index contributed by atoms with van der Waals surface area (Å²) in [7, 11) is 0. The van der Waals surface area contributed by atoms with Gasteiger partial charge in [-0.2, -0.15) is 13.2 Å². The second kappa shape index (κ2) is 6.38. The summed E-state index contributed by atoms with van der Waals surface area (Å²) in [6.45, 7) is 1.01. The molecule has 2 atom stereocenters. The number of hydrogen-bond donors (Lipinski definition) is 1. The van der Waals surface area contributed by atoms with Gasteiger partial charge in [0.2, 0.25) is 5.91 Å². The summed E-state index contributed by atoms with van der Waals surface area (Å²) in [5.41, 5.74) is 5.58. The lowest BCUT2D eigenvalue weighted by Crippen LogP contribution is -2.50. The maximum atomic E-state index is 11.9. The molecule has 1 fully saturated rings. The molecular formula is C11H19F3N2O2. The lowest BCUT2D eigenvalue weighted by Gasteiger charge is -2.37. The van der Waals surface area contributed by atoms with E-state index in [2.05, 4.69) is 11.7 Å². The zero-order valence-electron chi connectivity index (χ0n) is 10.4. The Bertz CT molecular complexity index is 284. The number of nitrogens with two attached hydrogens (primary N) is 1. The molecule has 1 rings (SSSR count). The van der Waals surface area contributed by atoms with Gasteiger partial charge in [-0.25, -0.2) is 0 Å². The summed E-state index contributed by atoms with van der Waals surface area (Å²) in [5.74, 6) is 0.0697. The van der Waals surface area contributed by atoms with Crippen molar-refractivity contribution in [2.45, 2.75) is 32.0 Å². The quantitative estimate of drug-likeness (QED) is 0.832. The lowest BCUT2D eigenvalue weighted by atomic mass is 9.92. The number of ether oxygens (including phenoxy) is 1. The van der Waals surface area contributed by atoms with Gasteiger partial charge in [-0.3, -0.25) is 4.79 Å². The molecule has 0 aromatic rings. The van der Waals surface area contributed by atoms with Crippen molar-refractivity contribution in [1.29, 1.82) is 0 Å². The predicted molar refractivity (Wildman–Crippen MR) is 59.8 cm³/mol. The number of nitrogens with zero attached hydrogens (tertiary/aromatic N) is 1. The van der Waals surface area contributed by atoms with E-state index in [4.69, 9.17) is 5.73 Å². The molecule has 1 heterocycles. The number of carbonyl (C=O) groups excluding carboxylic acids is 1. The van der Waals surface area contributed by atoms with E-state index < -0.39 is 25.3 Å². The molecule has 1 amide bonds. The van der Waals surface area contributed by atoms with E-state index in [1.54, 1.807) is 0 Å². The normalized spacial score (nSPS) is 25.3. The molecule has 1 aliphatic rings. The van der Waals surface area contributed by atoms with Crippen molar-refractivity contribution in [3.05, 3.63) is 0 Å². The van der Waals surface area contributed by atoms with Crippen LogP contribution in [0.15, 0.2) is 0 Å². The fourth-order valence-corrected chi connectivity index (χ4v) is 2.14. The predicted octanol–water partition coefficient (Wildman–Crippen LogP) is 1.15. The zero-order chi connectivity index (χ0) is 13.8. The van der Waals surface area contributed by atoms with Gasteiger partial charge >= 0.3 is 6.18 Å². The van der Waals surface area contributed by atoms with E-state index in [-0.39, 0.29) is 6.04 Å². The molecule has 0 radical (unpaired) electrons. The van der Waals surface area contributed by atoms with Crippen molar-refractivity contribution in [3.63, 3.8) is 0 Å². The molecule has 0 aliphatic carbocycles. The van der Waals surface area contributed by atoms with Crippen LogP contribution in [0.2, 0.25) is 0 Å². The van der Waals surface area contributed by atoms with Crippen LogP contribution in [0.1, 0.15) is 19.8 Å². The molecule has 106 valence electrons. The molecule has 0 spiro atoms. The maximum Gasteiger partial charge on any atom is 0.411 e. The van der Waals surface area contributed by atoms with Crippen molar-refractivity contribution in [2.75, 3.05) is 26.3 Å². The summed E-state index contributed by atoms with van der Waals surface area (Å²) in [4.78, 5) is 13.3. The first-order chi connectivity index (χ1) is 8.33. The molecule has 0 aromatic heterocycles. The summed E-state index contributed by atoms with van der Waals surface area (Å²) >= 11 is 0. The van der Waals surface area contributed by atoms with Gasteiger partial charge in [-0.15, -0.1) is 0 Å². The molecule has 4 nitrogen and oxygen atoms in total. The van der Waals surface area contributed by atoms with Gasteiger partial charge in [0.05, 0.1) is 0 Å². The lowest BCUT2D eigenvalue weighted by molar-refractivity contribution is -0.178. The Balaban J connectivity index is 2.40. The van der Waals surface area contributed by atoms with Crippen molar-refractivity contribution >= 4 is 5.91 Å². The van der Waals surface area contributed by atoms with Crippen LogP contribution in [0.3, 0.4) is 0 Å². The fourth-order valence-electron chi connectivity index (χ4n) is 2.14. The van der Waals surface area contributed by atoms with Gasteiger partial charge in [0.1, 0.15) is 13.2 Å². The molecule has 7 heteroatoms. The van der Waals surface area contributed by atoms with E-state index in [1.807, 2.05) is 0 Å². The van der Waals surface area contributed by atoms with E-state index in [0.29, 0.717) is 19.0 Å². The van der Waals surface area contributed by atoms with E-state index in [1.165, 1.54) is 4.90 Å². The average Bonchev–Trinajstić information content (AvgIpc) is 2.26. The molecule has 0 aromatic carbocycles. The SMILES string of the molecule is CC1CCN(C(=O)COCC(F)(F)F)C(CN)C1. The second-order valence-electron chi connectivity index (χ2n) is 4.71. The molecular weight excluding hydrogens is 249 g/mol. The highest BCUT2D eigenvalue weighted by atomic mass is 19.4. The minimum absolute atomic E-state index is 0.0873. The summed E-state index contributed by atoms with van der Waals surface area (Å²) in [5, 5.41) is 0. The van der Waals surface area contributed by atoms with Crippen molar-refractivity contribution in [1.82, 2.24) is 4.90 Å². The van der Waals surface area contributed by atoms with Crippen LogP contribution in [0.5, 0.6) is 0 Å². The Labute approximate surface area is 104 Å². The van der Waals surface area contributed by atoms with Crippen LogP contribution in [0.4, 0.5) is 13.2 Å². The van der Waals surface area contributed by atoms with Gasteiger partial charge in [0.25, 0.3) is 0 Å². The van der Waals surface area contributed by atoms with Crippen LogP contribution in [0, 0.1) is 5.92 Å². The van der Waals surface area contributed by atoms with Crippen LogP contribution in [-0.2, 0) is 9.53 Å². The van der Waals surface area contributed by atoms with E-state index >= 15 is 0 Å². The second-order valence-corrected chi connectivity index (χ2v) is 4.71. The van der Waals surface area contributed by atoms with Gasteiger partial charge in [-0.1, -0.05) is 6.92 Å². The minimum atomic E-state index is -4.40. The Morgan fingerprint density at radius 1 is 1.50 bits per heavy atom. The number of rotatable bonds is 4. The van der Waals surface area contributed by atoms with Gasteiger partial charge in [-0.05, 0) is 18.8 Å². The first kappa shape index (κ1) is 15.2. The Morgan fingerprint density at radius 2 is 2.17 bits per heavy atom. The fraction of sp³-hybridized carbons (Fsp3) is 0.909. The summed E-state index contributed by atoms with van der Waals surface area (Å²) < 4.78 is 40.0. The third-order valence-electron chi connectivity index (χ3n) is 3.06. The van der Waals surface area contributed by atoms with Crippen molar-refractivity contribution < 1.29 is 22.7 Å². The minimum Gasteiger partial charge on any atom is -0.362 e. The topological polar surface area (TPSA) is 55.6 Å². The number of likely N-dealkylation sites (tertiary alicyclic amines) is 1. The Hall–Kier alpha value is -0.820. The first-order valence-corrected chi connectivity index (χ1v) is 5.97. The van der Waals surface area contributed by atoms with Gasteiger partial charge in [0.15, 0.2) is 0 Å². The van der Waals surface area contributed by atoms with Crippen LogP contribution >= 0.6 is 0 Å². The molecule has 0 saturated carbocycles. The van der Waals surface area contributed by atoms with E-state index in [0.717, 1.165) is 12.8 Å². The maximum absolute atomic E-state index is 11.9. The Morgan fingerprint density at radius 3 is 2.72 bits per heavy atom. The van der Waals surface area contributed by atoms with Crippen LogP contribution in [0.25, 0.3) is 0 Å². The summed E-state index contributed by atoms with van der Waals surface area (Å²) in [6, 6.07) is -0.0873. The molecule has 1 aliphatic heterocycles. The number of amides is 1. The number of hydrogen-bond acceptors (Lipinski definition) is 3. The highest BCUT2D eigenvalue weighted by molar-refractivity contribution is 5.78. The number of piperidine rings is 1. The largest absolute Gasteiger partial charge is 0.411 e. The number of alkyl halides is 3. The molecule has 1 saturated heterocycles. The highest BCUT2D eigenvalue weighted by Gasteiger charge is 2.31. The van der Waals surface area contributed by atoms with E-state index in [9.17, 15) is 18.0 Å². The number of carbonyl (C=O) groups is 1. The third kappa shape index (κ3) is 4.81. The molecule has 0 bridgehead atoms. The molecule has 2 N–H and O–H groups in total. The molecule has 18 heavy (non-hydrogen) atoms. The van der Waals surface area contributed by atoms with Crippen LogP contribution < -0.4 is 5.73 Å². The number of halogens is 3. The highest BCUT2D eigenvalue weighted by Crippen LogP contribution is 2.22. The van der Waals surface area contributed by atoms with Crippen LogP contribution in [-0.4, -0.2) is 49.3 Å². The average molecular weight is 268 g/mol. The zero-order valence-corrected chi connectivity index (χ0v) is 10.4.